The number of benzene rings is 2. The zero-order valence-electron chi connectivity index (χ0n) is 16.0. The normalized spacial score (nSPS) is 11.8. The van der Waals surface area contributed by atoms with E-state index in [9.17, 15) is 35.9 Å². The van der Waals surface area contributed by atoms with E-state index in [0.717, 1.165) is 29.1 Å². The third kappa shape index (κ3) is 5.65. The molecule has 168 valence electrons. The first kappa shape index (κ1) is 22.8. The molecule has 3 rings (SSSR count). The summed E-state index contributed by atoms with van der Waals surface area (Å²) in [5, 5.41) is 7.97. The molecule has 12 heteroatoms. The van der Waals surface area contributed by atoms with Gasteiger partial charge in [-0.05, 0) is 36.4 Å². The molecule has 0 saturated heterocycles. The van der Waals surface area contributed by atoms with Crippen molar-refractivity contribution in [1.82, 2.24) is 9.78 Å². The summed E-state index contributed by atoms with van der Waals surface area (Å²) in [7, 11) is 0. The molecule has 2 N–H and O–H groups in total. The molecule has 0 spiro atoms. The van der Waals surface area contributed by atoms with Crippen LogP contribution in [0.2, 0.25) is 0 Å². The topological polar surface area (TPSA) is 76.0 Å². The Morgan fingerprint density at radius 1 is 0.875 bits per heavy atom. The number of halogens is 6. The van der Waals surface area contributed by atoms with Gasteiger partial charge in [0.2, 0.25) is 5.91 Å². The second-order valence-corrected chi connectivity index (χ2v) is 6.52. The second kappa shape index (κ2) is 8.73. The van der Waals surface area contributed by atoms with E-state index in [4.69, 9.17) is 0 Å². The van der Waals surface area contributed by atoms with E-state index in [-0.39, 0.29) is 16.9 Å². The van der Waals surface area contributed by atoms with E-state index in [1.165, 1.54) is 30.3 Å². The fraction of sp³-hybridized carbons (Fsp3) is 0.150. The van der Waals surface area contributed by atoms with Crippen molar-refractivity contribution in [3.8, 4) is 0 Å². The summed E-state index contributed by atoms with van der Waals surface area (Å²) in [6.45, 7) is -0.556. The van der Waals surface area contributed by atoms with Crippen molar-refractivity contribution in [2.24, 2.45) is 0 Å². The number of alkyl halides is 6. The van der Waals surface area contributed by atoms with Crippen LogP contribution in [0.4, 0.5) is 37.7 Å². The van der Waals surface area contributed by atoms with Gasteiger partial charge in [-0.15, -0.1) is 0 Å². The van der Waals surface area contributed by atoms with Gasteiger partial charge >= 0.3 is 12.4 Å². The highest BCUT2D eigenvalue weighted by Crippen LogP contribution is 2.31. The molecule has 0 aliphatic carbocycles. The Kier molecular flexibility index (Phi) is 6.23. The van der Waals surface area contributed by atoms with Gasteiger partial charge in [-0.1, -0.05) is 18.2 Å². The number of rotatable bonds is 5. The first-order chi connectivity index (χ1) is 14.9. The number of amides is 2. The minimum Gasteiger partial charge on any atom is -0.324 e. The van der Waals surface area contributed by atoms with Crippen LogP contribution in [0, 0.1) is 0 Å². The van der Waals surface area contributed by atoms with Crippen LogP contribution in [0.15, 0.2) is 60.8 Å². The summed E-state index contributed by atoms with van der Waals surface area (Å²) >= 11 is 0. The zero-order chi connectivity index (χ0) is 23.5. The van der Waals surface area contributed by atoms with Crippen LogP contribution in [0.1, 0.15) is 21.6 Å². The van der Waals surface area contributed by atoms with E-state index >= 15 is 0 Å². The highest BCUT2D eigenvalue weighted by atomic mass is 19.4. The average Bonchev–Trinajstić information content (AvgIpc) is 3.17. The average molecular weight is 456 g/mol. The lowest BCUT2D eigenvalue weighted by Crippen LogP contribution is -2.22. The Balaban J connectivity index is 1.72. The molecule has 0 radical (unpaired) electrons. The van der Waals surface area contributed by atoms with Crippen molar-refractivity contribution < 1.29 is 35.9 Å². The number of nitrogens with zero attached hydrogens (tertiary/aromatic N) is 2. The van der Waals surface area contributed by atoms with E-state index < -0.39 is 42.0 Å². The van der Waals surface area contributed by atoms with Crippen LogP contribution in [0.5, 0.6) is 0 Å². The quantitative estimate of drug-likeness (QED) is 0.541. The Morgan fingerprint density at radius 2 is 1.59 bits per heavy atom. The van der Waals surface area contributed by atoms with Gasteiger partial charge in [-0.2, -0.15) is 31.4 Å². The molecular weight excluding hydrogens is 442 g/mol. The van der Waals surface area contributed by atoms with Gasteiger partial charge in [-0.3, -0.25) is 14.3 Å². The molecule has 2 aromatic carbocycles. The Hall–Kier alpha value is -3.83. The Labute approximate surface area is 176 Å². The van der Waals surface area contributed by atoms with Crippen molar-refractivity contribution in [2.75, 3.05) is 10.6 Å². The number of carbonyl (C=O) groups excluding carboxylic acids is 2. The standard InChI is InChI=1S/C20H14F6N4O2/c21-19(22,23)12-4-3-5-13(10-12)27-18(32)14-6-1-2-7-15(14)28-17(31)11-30-9-8-16(29-30)20(24,25)26/h1-10H,11H2,(H,27,32)(H,28,31). The fourth-order valence-corrected chi connectivity index (χ4v) is 2.70. The molecule has 3 aromatic rings. The lowest BCUT2D eigenvalue weighted by Gasteiger charge is -2.13. The van der Waals surface area contributed by atoms with Crippen LogP contribution >= 0.6 is 0 Å². The molecule has 1 heterocycles. The lowest BCUT2D eigenvalue weighted by atomic mass is 10.1. The highest BCUT2D eigenvalue weighted by molar-refractivity contribution is 6.10. The van der Waals surface area contributed by atoms with Crippen LogP contribution in [0.3, 0.4) is 0 Å². The number of nitrogens with one attached hydrogen (secondary N) is 2. The monoisotopic (exact) mass is 456 g/mol. The maximum absolute atomic E-state index is 12.9. The van der Waals surface area contributed by atoms with Crippen molar-refractivity contribution in [3.05, 3.63) is 77.6 Å². The summed E-state index contributed by atoms with van der Waals surface area (Å²) in [6.07, 6.45) is -8.27. The second-order valence-electron chi connectivity index (χ2n) is 6.52. The largest absolute Gasteiger partial charge is 0.435 e. The molecule has 32 heavy (non-hydrogen) atoms. The molecule has 2 amide bonds. The number of carbonyl (C=O) groups is 2. The summed E-state index contributed by atoms with van der Waals surface area (Å²) in [5.74, 6) is -1.56. The first-order valence-electron chi connectivity index (χ1n) is 8.91. The maximum Gasteiger partial charge on any atom is 0.435 e. The molecule has 0 fully saturated rings. The zero-order valence-corrected chi connectivity index (χ0v) is 16.0. The van der Waals surface area contributed by atoms with Crippen molar-refractivity contribution in [1.29, 1.82) is 0 Å². The van der Waals surface area contributed by atoms with Crippen molar-refractivity contribution in [2.45, 2.75) is 18.9 Å². The van der Waals surface area contributed by atoms with Gasteiger partial charge < -0.3 is 10.6 Å². The van der Waals surface area contributed by atoms with Gasteiger partial charge in [0.05, 0.1) is 16.8 Å². The SMILES string of the molecule is O=C(Cn1ccc(C(F)(F)F)n1)Nc1ccccc1C(=O)Nc1cccc(C(F)(F)F)c1. The lowest BCUT2D eigenvalue weighted by molar-refractivity contribution is -0.141. The van der Waals surface area contributed by atoms with Crippen molar-refractivity contribution >= 4 is 23.2 Å². The molecule has 0 atom stereocenters. The highest BCUT2D eigenvalue weighted by Gasteiger charge is 2.33. The van der Waals surface area contributed by atoms with Gasteiger partial charge in [-0.25, -0.2) is 0 Å². The molecule has 1 aromatic heterocycles. The van der Waals surface area contributed by atoms with Gasteiger partial charge in [0.1, 0.15) is 6.54 Å². The summed E-state index contributed by atoms with van der Waals surface area (Å²) in [4.78, 5) is 24.8. The Bertz CT molecular complexity index is 1140. The number of aromatic nitrogens is 2. The number of hydrogen-bond acceptors (Lipinski definition) is 3. The summed E-state index contributed by atoms with van der Waals surface area (Å²) in [5.41, 5.74) is -2.26. The smallest absolute Gasteiger partial charge is 0.324 e. The van der Waals surface area contributed by atoms with Gasteiger partial charge in [0, 0.05) is 11.9 Å². The predicted octanol–water partition coefficient (Wildman–Crippen LogP) is 4.81. The van der Waals surface area contributed by atoms with Crippen LogP contribution < -0.4 is 10.6 Å². The molecule has 0 bridgehead atoms. The van der Waals surface area contributed by atoms with E-state index in [2.05, 4.69) is 15.7 Å². The van der Waals surface area contributed by atoms with E-state index in [1.54, 1.807) is 0 Å². The summed E-state index contributed by atoms with van der Waals surface area (Å²) < 4.78 is 77.2. The van der Waals surface area contributed by atoms with E-state index in [0.29, 0.717) is 6.07 Å². The van der Waals surface area contributed by atoms with Crippen molar-refractivity contribution in [3.63, 3.8) is 0 Å². The molecular formula is C20H14F6N4O2. The molecule has 0 unspecified atom stereocenters. The maximum atomic E-state index is 12.9. The summed E-state index contributed by atoms with van der Waals surface area (Å²) in [6, 6.07) is 10.4. The number of hydrogen-bond donors (Lipinski definition) is 2. The third-order valence-electron chi connectivity index (χ3n) is 4.13. The third-order valence-corrected chi connectivity index (χ3v) is 4.13. The molecule has 0 aliphatic rings. The Morgan fingerprint density at radius 3 is 2.25 bits per heavy atom. The van der Waals surface area contributed by atoms with E-state index in [1.807, 2.05) is 0 Å². The van der Waals surface area contributed by atoms with Crippen LogP contribution in [-0.2, 0) is 23.7 Å². The first-order valence-corrected chi connectivity index (χ1v) is 8.91. The minimum atomic E-state index is -4.66. The molecule has 6 nitrogen and oxygen atoms in total. The fourth-order valence-electron chi connectivity index (χ4n) is 2.70. The van der Waals surface area contributed by atoms with Crippen LogP contribution in [-0.4, -0.2) is 21.6 Å². The number of para-hydroxylation sites is 1. The predicted molar refractivity (Wildman–Crippen MR) is 102 cm³/mol. The van der Waals surface area contributed by atoms with Gasteiger partial charge in [0.25, 0.3) is 5.91 Å². The molecule has 0 saturated carbocycles. The van der Waals surface area contributed by atoms with Gasteiger partial charge in [0.15, 0.2) is 5.69 Å². The molecule has 0 aliphatic heterocycles. The van der Waals surface area contributed by atoms with Crippen LogP contribution in [0.25, 0.3) is 0 Å². The minimum absolute atomic E-state index is 0.0187. The number of anilines is 2.